The van der Waals surface area contributed by atoms with E-state index in [1.807, 2.05) is 38.4 Å². The summed E-state index contributed by atoms with van der Waals surface area (Å²) < 4.78 is 32.0. The Bertz CT molecular complexity index is 1180. The van der Waals surface area contributed by atoms with Gasteiger partial charge in [0.05, 0.1) is 5.57 Å². The van der Waals surface area contributed by atoms with Crippen LogP contribution in [0.5, 0.6) is 0 Å². The van der Waals surface area contributed by atoms with Gasteiger partial charge in [0.2, 0.25) is 0 Å². The molecule has 0 saturated carbocycles. The highest BCUT2D eigenvalue weighted by molar-refractivity contribution is 6.57. The maximum Gasteiger partial charge on any atom is 0.737 e. The zero-order chi connectivity index (χ0) is 20.2. The average molecular weight is 387 g/mol. The highest BCUT2D eigenvalue weighted by Crippen LogP contribution is 2.38. The fourth-order valence-corrected chi connectivity index (χ4v) is 4.10. The van der Waals surface area contributed by atoms with Gasteiger partial charge in [-0.1, -0.05) is 36.4 Å². The second-order valence-electron chi connectivity index (χ2n) is 7.58. The maximum atomic E-state index is 14.9. The molecule has 0 bridgehead atoms. The largest absolute Gasteiger partial charge is 0.737 e. The number of fused-ring (bicyclic) bond motifs is 2. The fraction of sp³-hybridized carbons (Fsp3) is 0.0870. The van der Waals surface area contributed by atoms with E-state index in [1.54, 1.807) is 24.3 Å². The van der Waals surface area contributed by atoms with Gasteiger partial charge in [-0.3, -0.25) is 0 Å². The third-order valence-electron chi connectivity index (χ3n) is 5.63. The van der Waals surface area contributed by atoms with Crippen LogP contribution in [0, 0.1) is 0 Å². The van der Waals surface area contributed by atoms with E-state index in [9.17, 15) is 8.63 Å². The quantitative estimate of drug-likeness (QED) is 0.584. The van der Waals surface area contributed by atoms with Crippen molar-refractivity contribution in [1.29, 1.82) is 0 Å². The van der Waals surface area contributed by atoms with E-state index in [0.29, 0.717) is 11.4 Å². The van der Waals surface area contributed by atoms with Gasteiger partial charge in [0.15, 0.2) is 5.70 Å². The second kappa shape index (κ2) is 6.31. The lowest BCUT2D eigenvalue weighted by Crippen LogP contribution is -2.49. The van der Waals surface area contributed by atoms with Crippen molar-refractivity contribution in [2.75, 3.05) is 19.0 Å². The Balaban J connectivity index is 1.57. The van der Waals surface area contributed by atoms with Crippen LogP contribution < -0.4 is 4.90 Å². The zero-order valence-electron chi connectivity index (χ0n) is 16.3. The fourth-order valence-electron chi connectivity index (χ4n) is 4.10. The molecule has 0 N–H and O–H groups in total. The summed E-state index contributed by atoms with van der Waals surface area (Å²) in [5.74, 6) is 0. The Kier molecular flexibility index (Phi) is 3.84. The first-order valence-electron chi connectivity index (χ1n) is 9.59. The number of aromatic nitrogens is 1. The molecule has 0 unspecified atom stereocenters. The molecule has 144 valence electrons. The van der Waals surface area contributed by atoms with Gasteiger partial charge in [-0.2, -0.15) is 0 Å². The number of hydrogen-bond acceptors (Lipinski definition) is 1. The molecule has 3 aromatic rings. The molecule has 0 fully saturated rings. The standard InChI is InChI=1S/C23H20BF2N3/c1-27(2)20-13-11-18(12-14-20)17-7-9-19(10-8-17)23-21-5-3-15-28(21)24(25,26)29-16-4-6-22(23)29/h3-16H,1-2H3. The van der Waals surface area contributed by atoms with Crippen LogP contribution in [0.2, 0.25) is 0 Å². The molecule has 2 aliphatic heterocycles. The number of hydrogen-bond donors (Lipinski definition) is 0. The topological polar surface area (TPSA) is 11.2 Å². The molecule has 3 nitrogen and oxygen atoms in total. The molecule has 2 aromatic carbocycles. The lowest BCUT2D eigenvalue weighted by Gasteiger charge is -2.30. The van der Waals surface area contributed by atoms with Gasteiger partial charge >= 0.3 is 6.97 Å². The predicted octanol–water partition coefficient (Wildman–Crippen LogP) is 4.87. The molecule has 0 aliphatic carbocycles. The van der Waals surface area contributed by atoms with Gasteiger partial charge in [-0.25, -0.2) is 0 Å². The Labute approximate surface area is 168 Å². The van der Waals surface area contributed by atoms with E-state index >= 15 is 0 Å². The van der Waals surface area contributed by atoms with Crippen LogP contribution in [-0.2, 0) is 0 Å². The van der Waals surface area contributed by atoms with E-state index in [0.717, 1.165) is 36.9 Å². The Morgan fingerprint density at radius 3 is 2.14 bits per heavy atom. The zero-order valence-corrected chi connectivity index (χ0v) is 16.3. The first-order valence-corrected chi connectivity index (χ1v) is 9.59. The number of allylic oxidation sites excluding steroid dienone is 2. The van der Waals surface area contributed by atoms with E-state index in [2.05, 4.69) is 29.2 Å². The van der Waals surface area contributed by atoms with E-state index in [1.165, 1.54) is 12.4 Å². The molecule has 0 spiro atoms. The Hall–Kier alpha value is -3.41. The SMILES string of the molecule is CN(C)c1ccc(-c2ccc(C3=C4C=CC=[N+]4[B-](F)(F)n4cccc43)cc2)cc1. The Morgan fingerprint density at radius 2 is 1.48 bits per heavy atom. The summed E-state index contributed by atoms with van der Waals surface area (Å²) in [6, 6.07) is 19.9. The summed E-state index contributed by atoms with van der Waals surface area (Å²) in [6.07, 6.45) is 6.35. The minimum atomic E-state index is -3.86. The number of anilines is 1. The minimum Gasteiger partial charge on any atom is -0.396 e. The van der Waals surface area contributed by atoms with Crippen LogP contribution in [0.4, 0.5) is 14.3 Å². The molecule has 0 radical (unpaired) electrons. The summed E-state index contributed by atoms with van der Waals surface area (Å²) >= 11 is 0. The molecule has 6 heteroatoms. The lowest BCUT2D eigenvalue weighted by atomic mass is 9.86. The summed E-state index contributed by atoms with van der Waals surface area (Å²) in [7, 11) is 4.03. The first-order chi connectivity index (χ1) is 14.0. The normalized spacial score (nSPS) is 16.5. The molecule has 0 atom stereocenters. The molecule has 3 heterocycles. The van der Waals surface area contributed by atoms with E-state index in [4.69, 9.17) is 0 Å². The molecule has 2 aliphatic rings. The molecular formula is C23H20BF2N3. The van der Waals surface area contributed by atoms with Gasteiger partial charge in [0.25, 0.3) is 0 Å². The van der Waals surface area contributed by atoms with Crippen molar-refractivity contribution >= 4 is 24.4 Å². The third kappa shape index (κ3) is 2.67. The predicted molar refractivity (Wildman–Crippen MR) is 115 cm³/mol. The van der Waals surface area contributed by atoms with Gasteiger partial charge < -0.3 is 22.5 Å². The molecule has 0 saturated heterocycles. The highest BCUT2D eigenvalue weighted by Gasteiger charge is 2.51. The van der Waals surface area contributed by atoms with E-state index in [-0.39, 0.29) is 0 Å². The van der Waals surface area contributed by atoms with Crippen molar-refractivity contribution in [3.05, 3.63) is 96.0 Å². The van der Waals surface area contributed by atoms with Crippen molar-refractivity contribution in [2.24, 2.45) is 0 Å². The molecule has 5 rings (SSSR count). The molecule has 0 amide bonds. The number of rotatable bonds is 3. The Morgan fingerprint density at radius 1 is 0.862 bits per heavy atom. The summed E-state index contributed by atoms with van der Waals surface area (Å²) in [5.41, 5.74) is 6.20. The van der Waals surface area contributed by atoms with Crippen molar-refractivity contribution in [3.63, 3.8) is 0 Å². The number of nitrogens with zero attached hydrogens (tertiary/aromatic N) is 3. The molecule has 29 heavy (non-hydrogen) atoms. The van der Waals surface area contributed by atoms with Gasteiger partial charge in [-0.15, -0.1) is 0 Å². The first kappa shape index (κ1) is 17.7. The van der Waals surface area contributed by atoms with Crippen LogP contribution in [0.1, 0.15) is 11.3 Å². The summed E-state index contributed by atoms with van der Waals surface area (Å²) in [6.45, 7) is -3.86. The summed E-state index contributed by atoms with van der Waals surface area (Å²) in [5, 5.41) is 0. The van der Waals surface area contributed by atoms with Crippen molar-refractivity contribution in [1.82, 2.24) is 4.48 Å². The molecular weight excluding hydrogens is 367 g/mol. The summed E-state index contributed by atoms with van der Waals surface area (Å²) in [4.78, 5) is 2.06. The van der Waals surface area contributed by atoms with Crippen molar-refractivity contribution in [3.8, 4) is 11.1 Å². The van der Waals surface area contributed by atoms with Crippen molar-refractivity contribution < 1.29 is 13.1 Å². The van der Waals surface area contributed by atoms with Gasteiger partial charge in [0.1, 0.15) is 6.21 Å². The van der Waals surface area contributed by atoms with Crippen LogP contribution in [-0.4, -0.2) is 36.2 Å². The average Bonchev–Trinajstić information content (AvgIpc) is 3.40. The number of benzene rings is 2. The van der Waals surface area contributed by atoms with Crippen molar-refractivity contribution in [2.45, 2.75) is 0 Å². The van der Waals surface area contributed by atoms with E-state index < -0.39 is 6.97 Å². The second-order valence-corrected chi connectivity index (χ2v) is 7.58. The number of halogens is 2. The molecule has 1 aromatic heterocycles. The van der Waals surface area contributed by atoms with Gasteiger partial charge in [-0.05, 0) is 47.2 Å². The minimum absolute atomic E-state index is 0.546. The van der Waals surface area contributed by atoms with Crippen LogP contribution >= 0.6 is 0 Å². The smallest absolute Gasteiger partial charge is 0.396 e. The highest BCUT2D eigenvalue weighted by atomic mass is 19.2. The van der Waals surface area contributed by atoms with Crippen LogP contribution in [0.25, 0.3) is 16.7 Å². The van der Waals surface area contributed by atoms with Crippen LogP contribution in [0.15, 0.2) is 84.7 Å². The lowest BCUT2D eigenvalue weighted by molar-refractivity contribution is -0.356. The van der Waals surface area contributed by atoms with Crippen LogP contribution in [0.3, 0.4) is 0 Å². The maximum absolute atomic E-state index is 14.9. The monoisotopic (exact) mass is 387 g/mol. The van der Waals surface area contributed by atoms with Gasteiger partial charge in [0, 0.05) is 37.6 Å². The third-order valence-corrected chi connectivity index (χ3v) is 5.63.